The number of aromatic amines is 1. The zero-order valence-electron chi connectivity index (χ0n) is 16.2. The van der Waals surface area contributed by atoms with Gasteiger partial charge >= 0.3 is 0 Å². The minimum Gasteiger partial charge on any atom is -0.489 e. The van der Waals surface area contributed by atoms with E-state index >= 15 is 0 Å². The number of halogens is 2. The maximum atomic E-state index is 12.7. The molecule has 0 unspecified atom stereocenters. The number of benzene rings is 1. The van der Waals surface area contributed by atoms with Gasteiger partial charge in [-0.15, -0.1) is 0 Å². The van der Waals surface area contributed by atoms with Crippen molar-refractivity contribution in [2.75, 3.05) is 32.2 Å². The quantitative estimate of drug-likeness (QED) is 0.466. The number of anilines is 2. The van der Waals surface area contributed by atoms with Gasteiger partial charge in [-0.3, -0.25) is 9.78 Å². The van der Waals surface area contributed by atoms with Gasteiger partial charge in [-0.2, -0.15) is 0 Å². The number of H-pyrrole nitrogens is 1. The summed E-state index contributed by atoms with van der Waals surface area (Å²) in [4.78, 5) is 20.3. The molecule has 9 heteroatoms. The summed E-state index contributed by atoms with van der Waals surface area (Å²) < 4.78 is 10.9. The number of methoxy groups -OCH3 is 1. The third-order valence-corrected chi connectivity index (χ3v) is 5.59. The average molecular weight is 447 g/mol. The monoisotopic (exact) mass is 446 g/mol. The lowest BCUT2D eigenvalue weighted by Crippen LogP contribution is -2.31. The van der Waals surface area contributed by atoms with Crippen molar-refractivity contribution < 1.29 is 14.3 Å². The largest absolute Gasteiger partial charge is 0.489 e. The lowest BCUT2D eigenvalue weighted by atomic mass is 10.0. The van der Waals surface area contributed by atoms with Gasteiger partial charge in [0.15, 0.2) is 0 Å². The van der Waals surface area contributed by atoms with Crippen LogP contribution >= 0.6 is 23.2 Å². The summed E-state index contributed by atoms with van der Waals surface area (Å²) in [7, 11) is 1.61. The van der Waals surface area contributed by atoms with Crippen molar-refractivity contribution in [3.8, 4) is 17.0 Å². The summed E-state index contributed by atoms with van der Waals surface area (Å²) in [6.07, 6.45) is 4.00. The molecule has 0 radical (unpaired) electrons. The molecule has 7 nitrogen and oxygen atoms in total. The maximum Gasteiger partial charge on any atom is 0.255 e. The molecule has 0 spiro atoms. The standard InChI is InChI=1S/C21H20Cl2N4O3/c1-29-9-10-30-16-11-24-7-5-12(16)19-20(17-14(26-19)6-8-25-21(17)28)27-15-4-2-3-13(22)18(15)23/h2-5,7,11,26-27H,6,8-10H2,1H3,(H,25,28). The van der Waals surface area contributed by atoms with E-state index in [1.165, 1.54) is 0 Å². The number of carbonyl (C=O) groups is 1. The first-order valence-corrected chi connectivity index (χ1v) is 10.2. The predicted octanol–water partition coefficient (Wildman–Crippen LogP) is 4.44. The highest BCUT2D eigenvalue weighted by molar-refractivity contribution is 6.43. The Morgan fingerprint density at radius 3 is 2.93 bits per heavy atom. The molecule has 1 aromatic carbocycles. The Balaban J connectivity index is 1.83. The highest BCUT2D eigenvalue weighted by Crippen LogP contribution is 2.41. The lowest BCUT2D eigenvalue weighted by Gasteiger charge is -2.16. The number of hydrogen-bond donors (Lipinski definition) is 3. The summed E-state index contributed by atoms with van der Waals surface area (Å²) in [5.74, 6) is 0.420. The van der Waals surface area contributed by atoms with Gasteiger partial charge < -0.3 is 25.1 Å². The molecule has 3 N–H and O–H groups in total. The fraction of sp³-hybridized carbons (Fsp3) is 0.238. The molecule has 156 valence electrons. The first-order chi connectivity index (χ1) is 14.6. The van der Waals surface area contributed by atoms with Gasteiger partial charge in [0, 0.05) is 37.5 Å². The van der Waals surface area contributed by atoms with Gasteiger partial charge in [-0.1, -0.05) is 29.3 Å². The van der Waals surface area contributed by atoms with Crippen molar-refractivity contribution in [3.05, 3.63) is 58.0 Å². The number of aromatic nitrogens is 2. The summed E-state index contributed by atoms with van der Waals surface area (Å²) in [6, 6.07) is 7.14. The van der Waals surface area contributed by atoms with Gasteiger partial charge in [0.2, 0.25) is 0 Å². The van der Waals surface area contributed by atoms with Crippen LogP contribution < -0.4 is 15.4 Å². The maximum absolute atomic E-state index is 12.7. The van der Waals surface area contributed by atoms with Crippen LogP contribution in [0.1, 0.15) is 16.1 Å². The molecule has 1 aliphatic rings. The highest BCUT2D eigenvalue weighted by Gasteiger charge is 2.28. The Morgan fingerprint density at radius 2 is 2.10 bits per heavy atom. The molecular formula is C21H20Cl2N4O3. The minimum absolute atomic E-state index is 0.157. The van der Waals surface area contributed by atoms with Crippen LogP contribution in [-0.2, 0) is 11.2 Å². The van der Waals surface area contributed by atoms with Gasteiger partial charge in [0.25, 0.3) is 5.91 Å². The molecule has 0 saturated carbocycles. The third-order valence-electron chi connectivity index (χ3n) is 4.78. The Morgan fingerprint density at radius 1 is 1.23 bits per heavy atom. The molecule has 0 fully saturated rings. The predicted molar refractivity (Wildman–Crippen MR) is 117 cm³/mol. The number of ether oxygens (including phenoxy) is 2. The van der Waals surface area contributed by atoms with E-state index in [0.717, 1.165) is 11.3 Å². The second-order valence-corrected chi connectivity index (χ2v) is 7.46. The van der Waals surface area contributed by atoms with E-state index in [0.29, 0.717) is 64.6 Å². The van der Waals surface area contributed by atoms with E-state index < -0.39 is 0 Å². The fourth-order valence-electron chi connectivity index (χ4n) is 3.38. The number of rotatable bonds is 7. The molecule has 4 rings (SSSR count). The molecule has 0 aliphatic carbocycles. The smallest absolute Gasteiger partial charge is 0.255 e. The molecule has 3 aromatic rings. The minimum atomic E-state index is -0.157. The summed E-state index contributed by atoms with van der Waals surface area (Å²) in [5.41, 5.74) is 4.07. The SMILES string of the molecule is COCCOc1cnccc1-c1[nH]c2c(c1Nc1cccc(Cl)c1Cl)C(=O)NCC2. The van der Waals surface area contributed by atoms with Gasteiger partial charge in [-0.05, 0) is 18.2 Å². The molecule has 3 heterocycles. The Hall–Kier alpha value is -2.74. The van der Waals surface area contributed by atoms with Crippen molar-refractivity contribution >= 4 is 40.5 Å². The van der Waals surface area contributed by atoms with Gasteiger partial charge in [0.05, 0.1) is 45.5 Å². The number of nitrogens with zero attached hydrogens (tertiary/aromatic N) is 1. The molecule has 1 aliphatic heterocycles. The number of amides is 1. The zero-order valence-corrected chi connectivity index (χ0v) is 17.7. The fourth-order valence-corrected chi connectivity index (χ4v) is 3.73. The summed E-state index contributed by atoms with van der Waals surface area (Å²) in [5, 5.41) is 7.00. The third kappa shape index (κ3) is 3.96. The van der Waals surface area contributed by atoms with Crippen molar-refractivity contribution in [3.63, 3.8) is 0 Å². The molecule has 0 bridgehead atoms. The van der Waals surface area contributed by atoms with Crippen LogP contribution in [-0.4, -0.2) is 42.7 Å². The normalized spacial score (nSPS) is 13.0. The molecule has 1 amide bonds. The van der Waals surface area contributed by atoms with E-state index in [1.807, 2.05) is 6.07 Å². The van der Waals surface area contributed by atoms with Crippen LogP contribution in [0.4, 0.5) is 11.4 Å². The number of pyridine rings is 1. The number of nitrogens with one attached hydrogen (secondary N) is 3. The van der Waals surface area contributed by atoms with E-state index in [9.17, 15) is 4.79 Å². The van der Waals surface area contributed by atoms with E-state index in [2.05, 4.69) is 20.6 Å². The van der Waals surface area contributed by atoms with Crippen LogP contribution in [0.2, 0.25) is 10.0 Å². The second kappa shape index (κ2) is 8.95. The van der Waals surface area contributed by atoms with Crippen molar-refractivity contribution in [2.45, 2.75) is 6.42 Å². The number of hydrogen-bond acceptors (Lipinski definition) is 5. The van der Waals surface area contributed by atoms with E-state index in [-0.39, 0.29) is 5.91 Å². The molecular weight excluding hydrogens is 427 g/mol. The highest BCUT2D eigenvalue weighted by atomic mass is 35.5. The van der Waals surface area contributed by atoms with Crippen LogP contribution in [0.5, 0.6) is 5.75 Å². The Bertz CT molecular complexity index is 1080. The first kappa shape index (κ1) is 20.5. The van der Waals surface area contributed by atoms with E-state index in [4.69, 9.17) is 32.7 Å². The van der Waals surface area contributed by atoms with Crippen LogP contribution in [0.3, 0.4) is 0 Å². The molecule has 0 saturated heterocycles. The van der Waals surface area contributed by atoms with Crippen LogP contribution in [0, 0.1) is 0 Å². The van der Waals surface area contributed by atoms with Crippen molar-refractivity contribution in [2.24, 2.45) is 0 Å². The van der Waals surface area contributed by atoms with E-state index in [1.54, 1.807) is 37.7 Å². The molecule has 30 heavy (non-hydrogen) atoms. The topological polar surface area (TPSA) is 88.3 Å². The summed E-state index contributed by atoms with van der Waals surface area (Å²) >= 11 is 12.6. The lowest BCUT2D eigenvalue weighted by molar-refractivity contribution is 0.0947. The second-order valence-electron chi connectivity index (χ2n) is 6.67. The zero-order chi connectivity index (χ0) is 21.1. The average Bonchev–Trinajstić information content (AvgIpc) is 3.11. The van der Waals surface area contributed by atoms with Crippen molar-refractivity contribution in [1.29, 1.82) is 0 Å². The van der Waals surface area contributed by atoms with Crippen LogP contribution in [0.15, 0.2) is 36.7 Å². The van der Waals surface area contributed by atoms with Gasteiger partial charge in [0.1, 0.15) is 12.4 Å². The van der Waals surface area contributed by atoms with Crippen molar-refractivity contribution in [1.82, 2.24) is 15.3 Å². The Labute approximate surface area is 183 Å². The summed E-state index contributed by atoms with van der Waals surface area (Å²) in [6.45, 7) is 1.39. The number of fused-ring (bicyclic) bond motifs is 1. The molecule has 0 atom stereocenters. The molecule has 2 aromatic heterocycles. The number of carbonyl (C=O) groups excluding carboxylic acids is 1. The Kier molecular flexibility index (Phi) is 6.13. The van der Waals surface area contributed by atoms with Crippen LogP contribution in [0.25, 0.3) is 11.3 Å². The van der Waals surface area contributed by atoms with Gasteiger partial charge in [-0.25, -0.2) is 0 Å². The first-order valence-electron chi connectivity index (χ1n) is 9.40.